The summed E-state index contributed by atoms with van der Waals surface area (Å²) in [6, 6.07) is 5.54. The van der Waals surface area contributed by atoms with Crippen molar-refractivity contribution in [2.24, 2.45) is 0 Å². The molecule has 2 unspecified atom stereocenters. The van der Waals surface area contributed by atoms with Crippen LogP contribution >= 0.6 is 23.4 Å². The van der Waals surface area contributed by atoms with E-state index < -0.39 is 0 Å². The lowest BCUT2D eigenvalue weighted by Crippen LogP contribution is -2.53. The van der Waals surface area contributed by atoms with E-state index in [2.05, 4.69) is 24.2 Å². The van der Waals surface area contributed by atoms with Crippen molar-refractivity contribution in [2.45, 2.75) is 25.4 Å². The van der Waals surface area contributed by atoms with E-state index in [-0.39, 0.29) is 5.82 Å². The third kappa shape index (κ3) is 4.10. The molecule has 0 radical (unpaired) electrons. The van der Waals surface area contributed by atoms with E-state index in [9.17, 15) is 4.39 Å². The number of likely N-dealkylation sites (N-methyl/N-ethyl adjacent to an activating group) is 2. The number of nitrogens with zero attached hydrogens (tertiary/aromatic N) is 1. The smallest absolute Gasteiger partial charge is 0.124 e. The lowest BCUT2D eigenvalue weighted by Gasteiger charge is -2.38. The Morgan fingerprint density at radius 2 is 2.35 bits per heavy atom. The van der Waals surface area contributed by atoms with E-state index in [1.165, 1.54) is 17.9 Å². The van der Waals surface area contributed by atoms with E-state index in [1.807, 2.05) is 11.8 Å². The molecule has 0 aromatic heterocycles. The van der Waals surface area contributed by atoms with Crippen molar-refractivity contribution in [1.29, 1.82) is 0 Å². The van der Waals surface area contributed by atoms with Crippen LogP contribution < -0.4 is 5.32 Å². The number of nitrogens with one attached hydrogen (secondary N) is 1. The van der Waals surface area contributed by atoms with Crippen molar-refractivity contribution in [3.05, 3.63) is 34.6 Å². The summed E-state index contributed by atoms with van der Waals surface area (Å²) in [5.74, 6) is 2.06. The molecule has 1 aliphatic rings. The fraction of sp³-hybridized carbons (Fsp3) is 0.600. The first-order valence-corrected chi connectivity index (χ1v) is 8.60. The minimum absolute atomic E-state index is 0.274. The van der Waals surface area contributed by atoms with E-state index in [0.29, 0.717) is 17.1 Å². The van der Waals surface area contributed by atoms with Gasteiger partial charge in [-0.25, -0.2) is 4.39 Å². The molecule has 0 bridgehead atoms. The van der Waals surface area contributed by atoms with Crippen LogP contribution in [0, 0.1) is 5.82 Å². The van der Waals surface area contributed by atoms with Crippen LogP contribution in [0.2, 0.25) is 5.02 Å². The summed E-state index contributed by atoms with van der Waals surface area (Å²) in [6.07, 6.45) is 0.836. The third-order valence-electron chi connectivity index (χ3n) is 3.83. The maximum atomic E-state index is 13.1. The fourth-order valence-corrected chi connectivity index (χ4v) is 4.22. The quantitative estimate of drug-likeness (QED) is 0.899. The molecular weight excluding hydrogens is 295 g/mol. The Balaban J connectivity index is 2.11. The zero-order valence-electron chi connectivity index (χ0n) is 12.0. The SMILES string of the molecule is CCNC(Cc1ccc(F)cc1Cl)C1CSCCN1C. The monoisotopic (exact) mass is 316 g/mol. The number of halogens is 2. The van der Waals surface area contributed by atoms with Gasteiger partial charge in [0.05, 0.1) is 0 Å². The van der Waals surface area contributed by atoms with Gasteiger partial charge in [0.2, 0.25) is 0 Å². The molecule has 1 heterocycles. The van der Waals surface area contributed by atoms with Crippen LogP contribution in [0.1, 0.15) is 12.5 Å². The van der Waals surface area contributed by atoms with Crippen molar-refractivity contribution in [3.63, 3.8) is 0 Å². The number of hydrogen-bond donors (Lipinski definition) is 1. The average molecular weight is 317 g/mol. The molecule has 1 saturated heterocycles. The number of thioether (sulfide) groups is 1. The van der Waals surface area contributed by atoms with Crippen LogP contribution in [0.3, 0.4) is 0 Å². The highest BCUT2D eigenvalue weighted by Gasteiger charge is 2.28. The molecule has 2 nitrogen and oxygen atoms in total. The number of rotatable bonds is 5. The zero-order chi connectivity index (χ0) is 14.5. The Morgan fingerprint density at radius 1 is 1.55 bits per heavy atom. The Morgan fingerprint density at radius 3 is 3.00 bits per heavy atom. The molecule has 20 heavy (non-hydrogen) atoms. The Hall–Kier alpha value is -0.290. The summed E-state index contributed by atoms with van der Waals surface area (Å²) in [7, 11) is 2.18. The average Bonchev–Trinajstić information content (AvgIpc) is 2.42. The van der Waals surface area contributed by atoms with Gasteiger partial charge in [-0.1, -0.05) is 24.6 Å². The van der Waals surface area contributed by atoms with Gasteiger partial charge in [0.25, 0.3) is 0 Å². The second-order valence-electron chi connectivity index (χ2n) is 5.23. The Kier molecular flexibility index (Phi) is 6.15. The van der Waals surface area contributed by atoms with Gasteiger partial charge in [-0.05, 0) is 37.7 Å². The lowest BCUT2D eigenvalue weighted by molar-refractivity contribution is 0.215. The van der Waals surface area contributed by atoms with E-state index in [0.717, 1.165) is 30.8 Å². The summed E-state index contributed by atoms with van der Waals surface area (Å²) in [6.45, 7) is 4.17. The molecule has 0 spiro atoms. The van der Waals surface area contributed by atoms with Gasteiger partial charge in [0.1, 0.15) is 5.82 Å². The number of hydrogen-bond acceptors (Lipinski definition) is 3. The van der Waals surface area contributed by atoms with Crippen LogP contribution in [-0.2, 0) is 6.42 Å². The lowest BCUT2D eigenvalue weighted by atomic mass is 9.99. The maximum Gasteiger partial charge on any atom is 0.124 e. The second kappa shape index (κ2) is 7.64. The Labute approximate surface area is 130 Å². The van der Waals surface area contributed by atoms with Crippen molar-refractivity contribution in [1.82, 2.24) is 10.2 Å². The highest BCUT2D eigenvalue weighted by atomic mass is 35.5. The first-order chi connectivity index (χ1) is 9.61. The molecule has 1 N–H and O–H groups in total. The van der Waals surface area contributed by atoms with Gasteiger partial charge in [-0.15, -0.1) is 0 Å². The summed E-state index contributed by atoms with van der Waals surface area (Å²) in [5, 5.41) is 4.09. The van der Waals surface area contributed by atoms with Gasteiger partial charge in [-0.2, -0.15) is 11.8 Å². The van der Waals surface area contributed by atoms with Gasteiger partial charge in [-0.3, -0.25) is 0 Å². The minimum Gasteiger partial charge on any atom is -0.312 e. The normalized spacial score (nSPS) is 21.9. The van der Waals surface area contributed by atoms with Gasteiger partial charge >= 0.3 is 0 Å². The van der Waals surface area contributed by atoms with Crippen molar-refractivity contribution < 1.29 is 4.39 Å². The molecule has 5 heteroatoms. The molecule has 2 atom stereocenters. The predicted molar refractivity (Wildman–Crippen MR) is 86.3 cm³/mol. The molecule has 2 rings (SSSR count). The van der Waals surface area contributed by atoms with Gasteiger partial charge < -0.3 is 10.2 Å². The molecular formula is C15H22ClFN2S. The van der Waals surface area contributed by atoms with Crippen LogP contribution in [0.25, 0.3) is 0 Å². The Bertz CT molecular complexity index is 444. The summed E-state index contributed by atoms with van der Waals surface area (Å²) in [4.78, 5) is 2.42. The summed E-state index contributed by atoms with van der Waals surface area (Å²) < 4.78 is 13.1. The van der Waals surface area contributed by atoms with Crippen LogP contribution in [-0.4, -0.2) is 48.6 Å². The van der Waals surface area contributed by atoms with Gasteiger partial charge in [0, 0.05) is 35.2 Å². The van der Waals surface area contributed by atoms with E-state index in [4.69, 9.17) is 11.6 Å². The van der Waals surface area contributed by atoms with Crippen molar-refractivity contribution >= 4 is 23.4 Å². The highest BCUT2D eigenvalue weighted by molar-refractivity contribution is 7.99. The summed E-state index contributed by atoms with van der Waals surface area (Å²) >= 11 is 8.17. The second-order valence-corrected chi connectivity index (χ2v) is 6.78. The molecule has 1 fully saturated rings. The largest absolute Gasteiger partial charge is 0.312 e. The molecule has 1 aromatic rings. The minimum atomic E-state index is -0.274. The molecule has 1 aliphatic heterocycles. The topological polar surface area (TPSA) is 15.3 Å². The predicted octanol–water partition coefficient (Wildman–Crippen LogP) is 3.05. The van der Waals surface area contributed by atoms with E-state index >= 15 is 0 Å². The van der Waals surface area contributed by atoms with Crippen molar-refractivity contribution in [2.75, 3.05) is 31.6 Å². The maximum absolute atomic E-state index is 13.1. The highest BCUT2D eigenvalue weighted by Crippen LogP contribution is 2.23. The molecule has 112 valence electrons. The van der Waals surface area contributed by atoms with Crippen LogP contribution in [0.5, 0.6) is 0 Å². The molecule has 1 aromatic carbocycles. The molecule has 0 aliphatic carbocycles. The van der Waals surface area contributed by atoms with Crippen molar-refractivity contribution in [3.8, 4) is 0 Å². The summed E-state index contributed by atoms with van der Waals surface area (Å²) in [5.41, 5.74) is 1.02. The zero-order valence-corrected chi connectivity index (χ0v) is 13.6. The first-order valence-electron chi connectivity index (χ1n) is 7.07. The standard InChI is InChI=1S/C15H22ClFN2S/c1-3-18-14(15-10-20-7-6-19(15)2)8-11-4-5-12(17)9-13(11)16/h4-5,9,14-15,18H,3,6-8,10H2,1-2H3. The fourth-order valence-electron chi connectivity index (χ4n) is 2.66. The molecule has 0 saturated carbocycles. The van der Waals surface area contributed by atoms with E-state index in [1.54, 1.807) is 6.07 Å². The first kappa shape index (κ1) is 16.1. The molecule has 0 amide bonds. The van der Waals surface area contributed by atoms with Gasteiger partial charge in [0.15, 0.2) is 0 Å². The van der Waals surface area contributed by atoms with Crippen LogP contribution in [0.4, 0.5) is 4.39 Å². The number of benzene rings is 1. The van der Waals surface area contributed by atoms with Crippen LogP contribution in [0.15, 0.2) is 18.2 Å². The third-order valence-corrected chi connectivity index (χ3v) is 5.23.